The van der Waals surface area contributed by atoms with Crippen molar-refractivity contribution in [3.63, 3.8) is 0 Å². The third kappa shape index (κ3) is 2.30. The molecule has 0 spiro atoms. The topological polar surface area (TPSA) is 70.5 Å². The van der Waals surface area contributed by atoms with E-state index < -0.39 is 23.2 Å². The Morgan fingerprint density at radius 1 is 1.47 bits per heavy atom. The zero-order valence-corrected chi connectivity index (χ0v) is 10.6. The minimum Gasteiger partial charge on any atom is -0.480 e. The number of amides is 1. The second kappa shape index (κ2) is 4.95. The highest BCUT2D eigenvalue weighted by Crippen LogP contribution is 2.30. The first-order valence-corrected chi connectivity index (χ1v) is 6.11. The molecule has 1 N–H and O–H groups in total. The summed E-state index contributed by atoms with van der Waals surface area (Å²) < 4.78 is 13.6. The van der Waals surface area contributed by atoms with E-state index >= 15 is 0 Å². The van der Waals surface area contributed by atoms with E-state index in [2.05, 4.69) is 4.98 Å². The maximum Gasteiger partial charge on any atom is 0.329 e. The van der Waals surface area contributed by atoms with Crippen LogP contribution in [0.15, 0.2) is 18.5 Å². The van der Waals surface area contributed by atoms with Gasteiger partial charge in [0.15, 0.2) is 5.82 Å². The third-order valence-corrected chi connectivity index (χ3v) is 3.60. The molecule has 1 aromatic heterocycles. The largest absolute Gasteiger partial charge is 0.480 e. The SMILES string of the molecule is CC1(C(=O)O)CCCCN1C(=O)c1ccncc1F. The van der Waals surface area contributed by atoms with Gasteiger partial charge in [0.1, 0.15) is 5.54 Å². The number of likely N-dealkylation sites (tertiary alicyclic amines) is 1. The normalized spacial score (nSPS) is 23.2. The van der Waals surface area contributed by atoms with Gasteiger partial charge in [-0.3, -0.25) is 9.78 Å². The smallest absolute Gasteiger partial charge is 0.329 e. The molecule has 0 bridgehead atoms. The van der Waals surface area contributed by atoms with Crippen LogP contribution in [0.5, 0.6) is 0 Å². The number of carboxylic acids is 1. The van der Waals surface area contributed by atoms with Gasteiger partial charge in [0.25, 0.3) is 5.91 Å². The molecule has 1 saturated heterocycles. The van der Waals surface area contributed by atoms with E-state index in [1.54, 1.807) is 0 Å². The van der Waals surface area contributed by atoms with Gasteiger partial charge < -0.3 is 10.0 Å². The van der Waals surface area contributed by atoms with Crippen LogP contribution in [0.3, 0.4) is 0 Å². The van der Waals surface area contributed by atoms with Gasteiger partial charge in [-0.1, -0.05) is 0 Å². The maximum atomic E-state index is 13.6. The molecule has 0 aromatic carbocycles. The van der Waals surface area contributed by atoms with Gasteiger partial charge >= 0.3 is 5.97 Å². The predicted molar refractivity (Wildman–Crippen MR) is 65.1 cm³/mol. The van der Waals surface area contributed by atoms with Crippen LogP contribution in [0.1, 0.15) is 36.5 Å². The van der Waals surface area contributed by atoms with Crippen molar-refractivity contribution in [2.75, 3.05) is 6.54 Å². The molecule has 2 heterocycles. The fourth-order valence-corrected chi connectivity index (χ4v) is 2.36. The van der Waals surface area contributed by atoms with E-state index in [1.165, 1.54) is 24.1 Å². The lowest BCUT2D eigenvalue weighted by Crippen LogP contribution is -2.57. The van der Waals surface area contributed by atoms with Gasteiger partial charge in [0.2, 0.25) is 0 Å². The quantitative estimate of drug-likeness (QED) is 0.884. The van der Waals surface area contributed by atoms with Gasteiger partial charge in [-0.05, 0) is 32.3 Å². The summed E-state index contributed by atoms with van der Waals surface area (Å²) in [6.45, 7) is 1.83. The van der Waals surface area contributed by atoms with Crippen LogP contribution in [0.25, 0.3) is 0 Å². The number of pyridine rings is 1. The minimum absolute atomic E-state index is 0.135. The Morgan fingerprint density at radius 2 is 2.21 bits per heavy atom. The number of carbonyl (C=O) groups is 2. The number of halogens is 1. The van der Waals surface area contributed by atoms with E-state index in [0.717, 1.165) is 19.0 Å². The summed E-state index contributed by atoms with van der Waals surface area (Å²) in [6.07, 6.45) is 4.11. The summed E-state index contributed by atoms with van der Waals surface area (Å²) in [4.78, 5) is 28.6. The zero-order chi connectivity index (χ0) is 14.0. The lowest BCUT2D eigenvalue weighted by Gasteiger charge is -2.41. The predicted octanol–water partition coefficient (Wildman–Crippen LogP) is 1.69. The molecule has 0 aliphatic carbocycles. The average Bonchev–Trinajstić information content (AvgIpc) is 2.39. The van der Waals surface area contributed by atoms with Crippen molar-refractivity contribution < 1.29 is 19.1 Å². The Balaban J connectivity index is 2.36. The fourth-order valence-electron chi connectivity index (χ4n) is 2.36. The van der Waals surface area contributed by atoms with Gasteiger partial charge in [0, 0.05) is 12.7 Å². The molecule has 1 amide bonds. The zero-order valence-electron chi connectivity index (χ0n) is 10.6. The minimum atomic E-state index is -1.27. The van der Waals surface area contributed by atoms with Crippen molar-refractivity contribution in [2.24, 2.45) is 0 Å². The number of rotatable bonds is 2. The lowest BCUT2D eigenvalue weighted by molar-refractivity contribution is -0.150. The Hall–Kier alpha value is -1.98. The van der Waals surface area contributed by atoms with Crippen molar-refractivity contribution in [3.05, 3.63) is 29.8 Å². The number of hydrogen-bond donors (Lipinski definition) is 1. The molecule has 6 heteroatoms. The molecule has 19 heavy (non-hydrogen) atoms. The van der Waals surface area contributed by atoms with Crippen LogP contribution < -0.4 is 0 Å². The first-order chi connectivity index (χ1) is 8.97. The highest BCUT2D eigenvalue weighted by molar-refractivity contribution is 5.98. The number of aromatic nitrogens is 1. The first-order valence-electron chi connectivity index (χ1n) is 6.11. The second-order valence-corrected chi connectivity index (χ2v) is 4.85. The molecule has 0 radical (unpaired) electrons. The van der Waals surface area contributed by atoms with Crippen LogP contribution in [-0.2, 0) is 4.79 Å². The molecule has 1 aliphatic rings. The number of carboxylic acid groups (broad SMARTS) is 1. The van der Waals surface area contributed by atoms with Crippen molar-refractivity contribution >= 4 is 11.9 Å². The number of hydrogen-bond acceptors (Lipinski definition) is 3. The van der Waals surface area contributed by atoms with Crippen LogP contribution in [0, 0.1) is 5.82 Å². The molecule has 0 saturated carbocycles. The molecule has 1 atom stereocenters. The van der Waals surface area contributed by atoms with E-state index in [9.17, 15) is 19.1 Å². The Labute approximate surface area is 110 Å². The first kappa shape index (κ1) is 13.5. The van der Waals surface area contributed by atoms with E-state index in [1.807, 2.05) is 0 Å². The van der Waals surface area contributed by atoms with Gasteiger partial charge in [-0.25, -0.2) is 9.18 Å². The summed E-state index contributed by atoms with van der Waals surface area (Å²) in [7, 11) is 0. The molecule has 1 aliphatic heterocycles. The molecule has 5 nitrogen and oxygen atoms in total. The third-order valence-electron chi connectivity index (χ3n) is 3.60. The molecule has 2 rings (SSSR count). The van der Waals surface area contributed by atoms with Crippen molar-refractivity contribution in [2.45, 2.75) is 31.7 Å². The van der Waals surface area contributed by atoms with Crippen molar-refractivity contribution in [3.8, 4) is 0 Å². The highest BCUT2D eigenvalue weighted by atomic mass is 19.1. The molecule has 1 unspecified atom stereocenters. The van der Waals surface area contributed by atoms with E-state index in [4.69, 9.17) is 0 Å². The monoisotopic (exact) mass is 266 g/mol. The summed E-state index contributed by atoms with van der Waals surface area (Å²) in [5, 5.41) is 9.33. The molecule has 1 fully saturated rings. The van der Waals surface area contributed by atoms with Gasteiger partial charge in [0.05, 0.1) is 11.8 Å². The molecular formula is C13H15FN2O3. The van der Waals surface area contributed by atoms with Crippen LogP contribution in [-0.4, -0.2) is 39.0 Å². The number of nitrogens with zero attached hydrogens (tertiary/aromatic N) is 2. The second-order valence-electron chi connectivity index (χ2n) is 4.85. The lowest BCUT2D eigenvalue weighted by atomic mass is 9.88. The van der Waals surface area contributed by atoms with Crippen molar-refractivity contribution in [1.82, 2.24) is 9.88 Å². The Morgan fingerprint density at radius 3 is 2.84 bits per heavy atom. The van der Waals surface area contributed by atoms with Gasteiger partial charge in [-0.15, -0.1) is 0 Å². The molecule has 102 valence electrons. The molecular weight excluding hydrogens is 251 g/mol. The van der Waals surface area contributed by atoms with Gasteiger partial charge in [-0.2, -0.15) is 0 Å². The highest BCUT2D eigenvalue weighted by Gasteiger charge is 2.44. The maximum absolute atomic E-state index is 13.6. The van der Waals surface area contributed by atoms with Crippen molar-refractivity contribution in [1.29, 1.82) is 0 Å². The summed E-state index contributed by atoms with van der Waals surface area (Å²) in [6, 6.07) is 1.27. The fraction of sp³-hybridized carbons (Fsp3) is 0.462. The summed E-state index contributed by atoms with van der Waals surface area (Å²) >= 11 is 0. The van der Waals surface area contributed by atoms with Crippen LogP contribution >= 0.6 is 0 Å². The average molecular weight is 266 g/mol. The standard InChI is InChI=1S/C13H15FN2O3/c1-13(12(18)19)5-2-3-7-16(13)11(17)9-4-6-15-8-10(9)14/h4,6,8H,2-3,5,7H2,1H3,(H,18,19). The number of aliphatic carboxylic acids is 1. The summed E-state index contributed by atoms with van der Waals surface area (Å²) in [5.41, 5.74) is -1.41. The summed E-state index contributed by atoms with van der Waals surface area (Å²) in [5.74, 6) is -2.38. The molecule has 1 aromatic rings. The Bertz CT molecular complexity index is 520. The van der Waals surface area contributed by atoms with Crippen LogP contribution in [0.4, 0.5) is 4.39 Å². The number of carbonyl (C=O) groups excluding carboxylic acids is 1. The van der Waals surface area contributed by atoms with Crippen LogP contribution in [0.2, 0.25) is 0 Å². The van der Waals surface area contributed by atoms with E-state index in [-0.39, 0.29) is 5.56 Å². The van der Waals surface area contributed by atoms with E-state index in [0.29, 0.717) is 13.0 Å². The Kier molecular flexibility index (Phi) is 3.50. The number of piperidine rings is 1.